The maximum atomic E-state index is 6.89. The monoisotopic (exact) mass is 462 g/mol. The molecule has 0 spiro atoms. The lowest BCUT2D eigenvalue weighted by molar-refractivity contribution is 0.00578. The van der Waals surface area contributed by atoms with Crippen molar-refractivity contribution in [1.29, 1.82) is 0 Å². The zero-order chi connectivity index (χ0) is 22.8. The minimum Gasteiger partial charge on any atom is -0.399 e. The van der Waals surface area contributed by atoms with Crippen LogP contribution in [0, 0.1) is 5.92 Å². The summed E-state index contributed by atoms with van der Waals surface area (Å²) in [5.74, 6) is 1.07. The van der Waals surface area contributed by atoms with Gasteiger partial charge in [-0.3, -0.25) is 0 Å². The number of benzene rings is 1. The van der Waals surface area contributed by atoms with Crippen LogP contribution in [0.1, 0.15) is 52.5 Å². The Morgan fingerprint density at radius 1 is 1.23 bits per heavy atom. The van der Waals surface area contributed by atoms with Gasteiger partial charge in [-0.05, 0) is 69.1 Å². The van der Waals surface area contributed by atoms with Crippen molar-refractivity contribution in [3.63, 3.8) is 0 Å². The van der Waals surface area contributed by atoms with Gasteiger partial charge in [0, 0.05) is 25.1 Å². The number of rotatable bonds is 7. The Bertz CT molecular complexity index is 969. The molecule has 1 aliphatic carbocycles. The number of halogens is 1. The molecular weight excluding hydrogens is 427 g/mol. The van der Waals surface area contributed by atoms with E-state index in [2.05, 4.69) is 59.4 Å². The summed E-state index contributed by atoms with van der Waals surface area (Å²) in [6.07, 6.45) is 3.07. The van der Waals surface area contributed by atoms with Gasteiger partial charge >= 0.3 is 7.12 Å². The highest BCUT2D eigenvalue weighted by molar-refractivity contribution is 6.76. The van der Waals surface area contributed by atoms with Crippen molar-refractivity contribution in [3.8, 4) is 0 Å². The van der Waals surface area contributed by atoms with E-state index in [-0.39, 0.29) is 0 Å². The zero-order valence-electron chi connectivity index (χ0n) is 20.2. The van der Waals surface area contributed by atoms with E-state index in [1.807, 2.05) is 16.9 Å². The van der Waals surface area contributed by atoms with Crippen LogP contribution >= 0.6 is 11.6 Å². The van der Waals surface area contributed by atoms with E-state index in [4.69, 9.17) is 25.6 Å². The first-order valence-electron chi connectivity index (χ1n) is 11.4. The second kappa shape index (κ2) is 7.87. The van der Waals surface area contributed by atoms with Crippen molar-refractivity contribution in [2.45, 2.75) is 90.6 Å². The first-order valence-corrected chi connectivity index (χ1v) is 15.5. The van der Waals surface area contributed by atoms with Gasteiger partial charge in [0.25, 0.3) is 0 Å². The summed E-state index contributed by atoms with van der Waals surface area (Å²) in [5.41, 5.74) is 2.37. The molecule has 0 bridgehead atoms. The van der Waals surface area contributed by atoms with Gasteiger partial charge in [-0.1, -0.05) is 38.2 Å². The summed E-state index contributed by atoms with van der Waals surface area (Å²) < 4.78 is 20.8. The highest BCUT2D eigenvalue weighted by Gasteiger charge is 2.54. The van der Waals surface area contributed by atoms with Crippen LogP contribution in [0.5, 0.6) is 0 Å². The second-order valence-corrected chi connectivity index (χ2v) is 17.5. The quantitative estimate of drug-likeness (QED) is 0.407. The number of hydrogen-bond donors (Lipinski definition) is 0. The molecule has 0 amide bonds. The van der Waals surface area contributed by atoms with Gasteiger partial charge in [0.1, 0.15) is 6.73 Å². The Morgan fingerprint density at radius 2 is 1.84 bits per heavy atom. The lowest BCUT2D eigenvalue weighted by atomic mass is 9.72. The molecule has 1 saturated heterocycles. The molecule has 2 aliphatic rings. The van der Waals surface area contributed by atoms with Gasteiger partial charge in [-0.15, -0.1) is 0 Å². The average Bonchev–Trinajstić information content (AvgIpc) is 3.12. The zero-order valence-corrected chi connectivity index (χ0v) is 22.0. The number of fused-ring (bicyclic) bond motifs is 1. The smallest absolute Gasteiger partial charge is 0.399 e. The van der Waals surface area contributed by atoms with Crippen LogP contribution in [0.3, 0.4) is 0 Å². The van der Waals surface area contributed by atoms with Gasteiger partial charge in [0.2, 0.25) is 0 Å². The predicted molar refractivity (Wildman–Crippen MR) is 131 cm³/mol. The van der Waals surface area contributed by atoms with Crippen LogP contribution in [0.25, 0.3) is 10.9 Å². The molecule has 0 N–H and O–H groups in total. The SMILES string of the molecule is C[C@@H]1C[C@@H]1c1c(Cl)cc2c(cnn2COCC[Si](C)(C)C)c1B1OC(C)(C)C(C)(C)O1. The molecule has 170 valence electrons. The Kier molecular flexibility index (Phi) is 5.92. The van der Waals surface area contributed by atoms with Crippen LogP contribution in [0.15, 0.2) is 12.3 Å². The van der Waals surface area contributed by atoms with Gasteiger partial charge in [-0.2, -0.15) is 5.10 Å². The van der Waals surface area contributed by atoms with Crippen molar-refractivity contribution in [1.82, 2.24) is 9.78 Å². The molecule has 31 heavy (non-hydrogen) atoms. The molecule has 2 atom stereocenters. The fourth-order valence-electron chi connectivity index (χ4n) is 4.17. The van der Waals surface area contributed by atoms with Gasteiger partial charge in [0.05, 0.1) is 22.9 Å². The Labute approximate surface area is 192 Å². The highest BCUT2D eigenvalue weighted by Crippen LogP contribution is 2.50. The lowest BCUT2D eigenvalue weighted by Crippen LogP contribution is -2.41. The first kappa shape index (κ1) is 23.3. The molecule has 0 radical (unpaired) electrons. The normalized spacial score (nSPS) is 24.9. The van der Waals surface area contributed by atoms with Crippen LogP contribution in [-0.2, 0) is 20.8 Å². The predicted octanol–water partition coefficient (Wildman–Crippen LogP) is 5.42. The summed E-state index contributed by atoms with van der Waals surface area (Å²) in [7, 11) is -1.58. The molecule has 4 rings (SSSR count). The van der Waals surface area contributed by atoms with E-state index in [0.717, 1.165) is 40.5 Å². The molecule has 2 aromatic rings. The molecule has 8 heteroatoms. The van der Waals surface area contributed by atoms with Crippen molar-refractivity contribution in [3.05, 3.63) is 22.8 Å². The molecule has 1 saturated carbocycles. The Hall–Kier alpha value is -0.858. The Balaban J connectivity index is 1.71. The molecule has 5 nitrogen and oxygen atoms in total. The maximum absolute atomic E-state index is 6.89. The third-order valence-corrected chi connectivity index (χ3v) is 9.18. The topological polar surface area (TPSA) is 45.5 Å². The van der Waals surface area contributed by atoms with Gasteiger partial charge < -0.3 is 14.0 Å². The van der Waals surface area contributed by atoms with Crippen molar-refractivity contribution < 1.29 is 14.0 Å². The van der Waals surface area contributed by atoms with Crippen molar-refractivity contribution in [2.24, 2.45) is 5.92 Å². The molecule has 1 aromatic heterocycles. The number of ether oxygens (including phenoxy) is 1. The van der Waals surface area contributed by atoms with Crippen LogP contribution < -0.4 is 5.46 Å². The Morgan fingerprint density at radius 3 is 2.39 bits per heavy atom. The number of nitrogens with zero attached hydrogens (tertiary/aromatic N) is 2. The summed E-state index contributed by atoms with van der Waals surface area (Å²) in [5, 5.41) is 6.47. The van der Waals surface area contributed by atoms with E-state index in [1.165, 1.54) is 5.56 Å². The van der Waals surface area contributed by atoms with Gasteiger partial charge in [0.15, 0.2) is 0 Å². The summed E-state index contributed by atoms with van der Waals surface area (Å²) >= 11 is 6.89. The minimum atomic E-state index is -1.12. The van der Waals surface area contributed by atoms with Gasteiger partial charge in [-0.25, -0.2) is 4.68 Å². The van der Waals surface area contributed by atoms with E-state index < -0.39 is 26.4 Å². The fraction of sp³-hybridized carbons (Fsp3) is 0.696. The number of hydrogen-bond acceptors (Lipinski definition) is 4. The third-order valence-electron chi connectivity index (χ3n) is 7.16. The average molecular weight is 463 g/mol. The van der Waals surface area contributed by atoms with Crippen LogP contribution in [0.2, 0.25) is 30.7 Å². The summed E-state index contributed by atoms with van der Waals surface area (Å²) in [6, 6.07) is 3.18. The molecule has 2 fully saturated rings. The molecule has 1 aliphatic heterocycles. The van der Waals surface area contributed by atoms with E-state index in [1.54, 1.807) is 0 Å². The second-order valence-electron chi connectivity index (χ2n) is 11.5. The fourth-order valence-corrected chi connectivity index (χ4v) is 5.28. The largest absolute Gasteiger partial charge is 0.495 e. The van der Waals surface area contributed by atoms with E-state index in [9.17, 15) is 0 Å². The number of aromatic nitrogens is 2. The first-order chi connectivity index (χ1) is 14.3. The van der Waals surface area contributed by atoms with E-state index >= 15 is 0 Å². The van der Waals surface area contributed by atoms with Crippen LogP contribution in [0.4, 0.5) is 0 Å². The minimum absolute atomic E-state index is 0.408. The summed E-state index contributed by atoms with van der Waals surface area (Å²) in [6.45, 7) is 18.9. The molecular formula is C23H36BClN2O3Si. The highest BCUT2D eigenvalue weighted by atomic mass is 35.5. The molecule has 2 heterocycles. The van der Waals surface area contributed by atoms with Crippen molar-refractivity contribution in [2.75, 3.05) is 6.61 Å². The third kappa shape index (κ3) is 4.49. The van der Waals surface area contributed by atoms with Crippen molar-refractivity contribution >= 4 is 43.2 Å². The molecule has 0 unspecified atom stereocenters. The van der Waals surface area contributed by atoms with Crippen LogP contribution in [-0.4, -0.2) is 42.8 Å². The maximum Gasteiger partial charge on any atom is 0.495 e. The van der Waals surface area contributed by atoms with E-state index in [0.29, 0.717) is 18.6 Å². The molecule has 1 aromatic carbocycles. The summed E-state index contributed by atoms with van der Waals surface area (Å²) in [4.78, 5) is 0. The standard InChI is InChI=1S/C23H36BClN2O3Si/c1-15-11-16(15)20-18(25)12-19-17(13-26-27(19)14-28-9-10-31(6,7)8)21(20)24-29-22(2,3)23(4,5)30-24/h12-13,15-16H,9-11,14H2,1-8H3/t15-,16+/m1/s1. The lowest BCUT2D eigenvalue weighted by Gasteiger charge is -2.32.